The number of amides is 1. The molecule has 3 aromatic rings. The molecule has 1 atom stereocenters. The van der Waals surface area contributed by atoms with Crippen LogP contribution in [0.2, 0.25) is 0 Å². The highest BCUT2D eigenvalue weighted by Crippen LogP contribution is 2.33. The number of fused-ring (bicyclic) bond motifs is 1. The molecular weight excluding hydrogens is 415 g/mol. The lowest BCUT2D eigenvalue weighted by molar-refractivity contribution is 0.111. The highest BCUT2D eigenvalue weighted by molar-refractivity contribution is 5.66. The summed E-state index contributed by atoms with van der Waals surface area (Å²) in [5.41, 5.74) is 1.87. The molecule has 1 saturated heterocycles. The number of hydrogen-bond acceptors (Lipinski definition) is 8. The van der Waals surface area contributed by atoms with Gasteiger partial charge in [-0.2, -0.15) is 0 Å². The molecule has 2 N–H and O–H groups in total. The van der Waals surface area contributed by atoms with Crippen molar-refractivity contribution in [2.45, 2.75) is 25.4 Å². The number of hydrogen-bond donors (Lipinski definition) is 2. The van der Waals surface area contributed by atoms with E-state index < -0.39 is 11.9 Å². The first-order valence-corrected chi connectivity index (χ1v) is 10.3. The van der Waals surface area contributed by atoms with Gasteiger partial charge in [-0.3, -0.25) is 0 Å². The molecule has 0 aromatic carbocycles. The molecule has 1 amide bonds. The Morgan fingerprint density at radius 2 is 1.94 bits per heavy atom. The third-order valence-corrected chi connectivity index (χ3v) is 5.75. The lowest BCUT2D eigenvalue weighted by Gasteiger charge is -2.38. The summed E-state index contributed by atoms with van der Waals surface area (Å²) in [6.45, 7) is 3.32. The fourth-order valence-corrected chi connectivity index (χ4v) is 4.04. The Labute approximate surface area is 183 Å². The number of carbonyl (C=O) groups is 1. The van der Waals surface area contributed by atoms with Crippen LogP contribution in [0.5, 0.6) is 0 Å². The third-order valence-electron chi connectivity index (χ3n) is 5.75. The van der Waals surface area contributed by atoms with Crippen LogP contribution >= 0.6 is 0 Å². The largest absolute Gasteiger partial charge is 0.465 e. The summed E-state index contributed by atoms with van der Waals surface area (Å²) in [6.07, 6.45) is 4.78. The maximum absolute atomic E-state index is 14.4. The number of nitrogens with one attached hydrogen (secondary N) is 1. The van der Waals surface area contributed by atoms with Crippen molar-refractivity contribution in [2.24, 2.45) is 0 Å². The van der Waals surface area contributed by atoms with Crippen LogP contribution in [0.3, 0.4) is 0 Å². The lowest BCUT2D eigenvalue weighted by atomic mass is 9.99. The van der Waals surface area contributed by atoms with E-state index in [-0.39, 0.29) is 12.1 Å². The van der Waals surface area contributed by atoms with E-state index in [0.29, 0.717) is 49.3 Å². The number of aromatic nitrogens is 5. The zero-order chi connectivity index (χ0) is 22.2. The average Bonchev–Trinajstić information content (AvgIpc) is 2.76. The van der Waals surface area contributed by atoms with Crippen molar-refractivity contribution in [3.05, 3.63) is 53.9 Å². The van der Waals surface area contributed by atoms with Gasteiger partial charge in [-0.1, -0.05) is 0 Å². The molecule has 0 bridgehead atoms. The summed E-state index contributed by atoms with van der Waals surface area (Å²) < 4.78 is 14.4. The van der Waals surface area contributed by atoms with Crippen molar-refractivity contribution in [2.75, 3.05) is 29.9 Å². The van der Waals surface area contributed by atoms with Gasteiger partial charge in [0.15, 0.2) is 11.6 Å². The Balaban J connectivity index is 1.35. The van der Waals surface area contributed by atoms with Gasteiger partial charge in [0.25, 0.3) is 0 Å². The van der Waals surface area contributed by atoms with Crippen LogP contribution in [0.4, 0.5) is 20.8 Å². The molecule has 0 spiro atoms. The number of halogens is 1. The van der Waals surface area contributed by atoms with Gasteiger partial charge >= 0.3 is 6.09 Å². The minimum Gasteiger partial charge on any atom is -0.465 e. The Hall–Kier alpha value is -3.89. The van der Waals surface area contributed by atoms with Gasteiger partial charge < -0.3 is 20.2 Å². The second kappa shape index (κ2) is 7.98. The van der Waals surface area contributed by atoms with Crippen LogP contribution in [0.25, 0.3) is 11.6 Å². The molecule has 1 fully saturated rings. The van der Waals surface area contributed by atoms with Crippen LogP contribution in [0, 0.1) is 5.82 Å². The molecular formula is C21H21FN8O2. The van der Waals surface area contributed by atoms with Crippen LogP contribution < -0.4 is 10.2 Å². The van der Waals surface area contributed by atoms with E-state index in [1.54, 1.807) is 24.7 Å². The highest BCUT2D eigenvalue weighted by atomic mass is 19.1. The van der Waals surface area contributed by atoms with Gasteiger partial charge in [0.05, 0.1) is 17.8 Å². The third kappa shape index (κ3) is 3.77. The van der Waals surface area contributed by atoms with Crippen molar-refractivity contribution in [3.63, 3.8) is 0 Å². The monoisotopic (exact) mass is 436 g/mol. The molecule has 32 heavy (non-hydrogen) atoms. The molecule has 5 rings (SSSR count). The maximum Gasteiger partial charge on any atom is 0.407 e. The molecule has 0 radical (unpaired) electrons. The normalized spacial score (nSPS) is 18.1. The van der Waals surface area contributed by atoms with Crippen molar-refractivity contribution in [1.82, 2.24) is 29.8 Å². The molecule has 0 aliphatic carbocycles. The predicted octanol–water partition coefficient (Wildman–Crippen LogP) is 2.37. The number of carboxylic acid groups (broad SMARTS) is 1. The van der Waals surface area contributed by atoms with Gasteiger partial charge in [0, 0.05) is 62.3 Å². The first-order chi connectivity index (χ1) is 15.5. The SMILES string of the molecule is CC1c2cnc(-c3ncccn3)nc2CCN1c1cc(F)cc(NC2CN(C(=O)O)C2)n1. The fraction of sp³-hybridized carbons (Fsp3) is 0.333. The molecule has 10 nitrogen and oxygen atoms in total. The van der Waals surface area contributed by atoms with Crippen molar-refractivity contribution in [1.29, 1.82) is 0 Å². The van der Waals surface area contributed by atoms with Crippen LogP contribution in [0.1, 0.15) is 24.2 Å². The summed E-state index contributed by atoms with van der Waals surface area (Å²) >= 11 is 0. The fourth-order valence-electron chi connectivity index (χ4n) is 4.04. The zero-order valence-corrected chi connectivity index (χ0v) is 17.3. The Morgan fingerprint density at radius 3 is 2.69 bits per heavy atom. The van der Waals surface area contributed by atoms with Gasteiger partial charge in [-0.05, 0) is 13.0 Å². The Kier molecular flexibility index (Phi) is 5.00. The molecule has 2 aliphatic heterocycles. The smallest absolute Gasteiger partial charge is 0.407 e. The van der Waals surface area contributed by atoms with Crippen LogP contribution in [-0.4, -0.2) is 66.7 Å². The Bertz CT molecular complexity index is 1160. The summed E-state index contributed by atoms with van der Waals surface area (Å²) in [7, 11) is 0. The first-order valence-electron chi connectivity index (χ1n) is 10.3. The molecule has 1 unspecified atom stereocenters. The lowest BCUT2D eigenvalue weighted by Crippen LogP contribution is -2.56. The number of anilines is 2. The average molecular weight is 436 g/mol. The molecule has 5 heterocycles. The van der Waals surface area contributed by atoms with Crippen LogP contribution in [0.15, 0.2) is 36.8 Å². The minimum absolute atomic E-state index is 0.0835. The second-order valence-electron chi connectivity index (χ2n) is 7.85. The van der Waals surface area contributed by atoms with Crippen molar-refractivity contribution < 1.29 is 14.3 Å². The van der Waals surface area contributed by atoms with Crippen LogP contribution in [-0.2, 0) is 6.42 Å². The predicted molar refractivity (Wildman–Crippen MR) is 114 cm³/mol. The molecule has 0 saturated carbocycles. The maximum atomic E-state index is 14.4. The molecule has 2 aliphatic rings. The second-order valence-corrected chi connectivity index (χ2v) is 7.85. The van der Waals surface area contributed by atoms with E-state index in [0.717, 1.165) is 11.3 Å². The first kappa shape index (κ1) is 20.0. The van der Waals surface area contributed by atoms with E-state index >= 15 is 0 Å². The van der Waals surface area contributed by atoms with E-state index in [9.17, 15) is 9.18 Å². The molecule has 164 valence electrons. The molecule has 11 heteroatoms. The zero-order valence-electron chi connectivity index (χ0n) is 17.3. The summed E-state index contributed by atoms with van der Waals surface area (Å²) in [6, 6.07) is 4.29. The van der Waals surface area contributed by atoms with Gasteiger partial charge in [0.2, 0.25) is 0 Å². The highest BCUT2D eigenvalue weighted by Gasteiger charge is 2.31. The number of rotatable bonds is 4. The summed E-state index contributed by atoms with van der Waals surface area (Å²) in [5.74, 6) is 1.45. The number of nitrogens with zero attached hydrogens (tertiary/aromatic N) is 7. The van der Waals surface area contributed by atoms with Crippen molar-refractivity contribution >= 4 is 17.7 Å². The van der Waals surface area contributed by atoms with E-state index in [2.05, 4.69) is 30.2 Å². The quantitative estimate of drug-likeness (QED) is 0.635. The number of pyridine rings is 1. The van der Waals surface area contributed by atoms with E-state index in [1.165, 1.54) is 17.0 Å². The topological polar surface area (TPSA) is 120 Å². The standard InChI is InChI=1S/C21H21FN8O2/c1-12-15-9-25-20(19-23-4-2-5-24-19)27-16(15)3-6-30(12)18-8-13(22)7-17(28-18)26-14-10-29(11-14)21(31)32/h2,4-5,7-9,12,14H,3,6,10-11H2,1H3,(H,26,28)(H,31,32). The van der Waals surface area contributed by atoms with Gasteiger partial charge in [-0.25, -0.2) is 34.1 Å². The van der Waals surface area contributed by atoms with E-state index in [1.807, 2.05) is 11.8 Å². The summed E-state index contributed by atoms with van der Waals surface area (Å²) in [5, 5.41) is 12.1. The Morgan fingerprint density at radius 1 is 1.16 bits per heavy atom. The van der Waals surface area contributed by atoms with Gasteiger partial charge in [-0.15, -0.1) is 0 Å². The van der Waals surface area contributed by atoms with Crippen molar-refractivity contribution in [3.8, 4) is 11.6 Å². The van der Waals surface area contributed by atoms with Gasteiger partial charge in [0.1, 0.15) is 17.5 Å². The summed E-state index contributed by atoms with van der Waals surface area (Å²) in [4.78, 5) is 36.3. The van der Waals surface area contributed by atoms with E-state index in [4.69, 9.17) is 5.11 Å². The molecule has 3 aromatic heterocycles. The minimum atomic E-state index is -0.957. The number of likely N-dealkylation sites (tertiary alicyclic amines) is 1.